The number of carbonyl (C=O) groups excluding carboxylic acids is 2. The van der Waals surface area contributed by atoms with Crippen molar-refractivity contribution in [2.24, 2.45) is 51.2 Å². The second kappa shape index (κ2) is 12.1. The largest absolute Gasteiger partial charge is 0.390 e. The lowest BCUT2D eigenvalue weighted by molar-refractivity contribution is -0.245. The van der Waals surface area contributed by atoms with E-state index >= 15 is 0 Å². The van der Waals surface area contributed by atoms with Crippen LogP contribution in [0.25, 0.3) is 0 Å². The van der Waals surface area contributed by atoms with Crippen molar-refractivity contribution in [3.8, 4) is 0 Å². The Bertz CT molecular complexity index is 1170. The maximum Gasteiger partial charge on any atom is 0.236 e. The van der Waals surface area contributed by atoms with E-state index in [-0.39, 0.29) is 57.6 Å². The summed E-state index contributed by atoms with van der Waals surface area (Å²) in [6.07, 6.45) is 10.2. The molecule has 1 saturated heterocycles. The summed E-state index contributed by atoms with van der Waals surface area (Å²) >= 11 is 0. The molecule has 0 aromatic carbocycles. The Morgan fingerprint density at radius 2 is 1.80 bits per heavy atom. The van der Waals surface area contributed by atoms with Crippen molar-refractivity contribution in [2.45, 2.75) is 136 Å². The van der Waals surface area contributed by atoms with Crippen molar-refractivity contribution in [3.63, 3.8) is 0 Å². The number of unbranched alkanes of at least 4 members (excludes halogenated alkanes) is 2. The summed E-state index contributed by atoms with van der Waals surface area (Å²) in [5, 5.41) is 21.6. The molecule has 0 aromatic rings. The Morgan fingerprint density at radius 3 is 2.50 bits per heavy atom. The summed E-state index contributed by atoms with van der Waals surface area (Å²) < 4.78 is 12.9. The number of aliphatic hydroxyl groups is 2. The Hall–Kier alpha value is -1.06. The number of morpholine rings is 1. The number of rotatable bonds is 10. The number of likely N-dealkylation sites (N-methyl/N-ethyl adjacent to an activating group) is 1. The highest BCUT2D eigenvalue weighted by Gasteiger charge is 2.85. The lowest BCUT2D eigenvalue weighted by atomic mass is 9.46. The molecule has 6 fully saturated rings. The zero-order valence-corrected chi connectivity index (χ0v) is 30.1. The van der Waals surface area contributed by atoms with E-state index in [1.54, 1.807) is 19.0 Å². The normalized spacial score (nSPS) is 45.0. The number of carbonyl (C=O) groups is 2. The lowest BCUT2D eigenvalue weighted by Crippen LogP contribution is -2.56. The van der Waals surface area contributed by atoms with Crippen molar-refractivity contribution >= 4 is 11.7 Å². The maximum absolute atomic E-state index is 14.0. The van der Waals surface area contributed by atoms with Crippen molar-refractivity contribution in [2.75, 3.05) is 40.3 Å². The fourth-order valence-corrected chi connectivity index (χ4v) is 12.8. The van der Waals surface area contributed by atoms with Gasteiger partial charge in [-0.1, -0.05) is 47.0 Å². The smallest absolute Gasteiger partial charge is 0.236 e. The van der Waals surface area contributed by atoms with Gasteiger partial charge in [0.05, 0.1) is 31.4 Å². The van der Waals surface area contributed by atoms with Gasteiger partial charge in [-0.3, -0.25) is 14.5 Å². The number of hydrogen-bond donors (Lipinski definition) is 2. The average Bonchev–Trinajstić information content (AvgIpc) is 3.44. The fraction of sp³-hybridized carbons (Fsp3) is 0.947. The number of fused-ring (bicyclic) bond motifs is 2. The molecular formula is C38H64N2O6. The number of nitrogens with zero attached hydrogens (tertiary/aromatic N) is 2. The van der Waals surface area contributed by atoms with Crippen LogP contribution in [-0.4, -0.2) is 96.1 Å². The van der Waals surface area contributed by atoms with Gasteiger partial charge in [-0.15, -0.1) is 0 Å². The van der Waals surface area contributed by atoms with Gasteiger partial charge < -0.3 is 24.6 Å². The number of aliphatic hydroxyl groups excluding tert-OH is 1. The van der Waals surface area contributed by atoms with Gasteiger partial charge in [-0.05, 0) is 111 Å². The van der Waals surface area contributed by atoms with Crippen LogP contribution in [0.15, 0.2) is 0 Å². The van der Waals surface area contributed by atoms with Gasteiger partial charge in [0.25, 0.3) is 0 Å². The number of ketones is 1. The Morgan fingerprint density at radius 1 is 1.07 bits per heavy atom. The van der Waals surface area contributed by atoms with E-state index in [9.17, 15) is 19.8 Å². The molecular weight excluding hydrogens is 580 g/mol. The first-order chi connectivity index (χ1) is 21.5. The quantitative estimate of drug-likeness (QED) is 0.312. The molecule has 262 valence electrons. The summed E-state index contributed by atoms with van der Waals surface area (Å²) in [4.78, 5) is 30.2. The molecule has 1 heterocycles. The van der Waals surface area contributed by atoms with Crippen LogP contribution in [0.3, 0.4) is 0 Å². The molecule has 11 unspecified atom stereocenters. The molecule has 5 aliphatic carbocycles. The Kier molecular flexibility index (Phi) is 9.13. The summed E-state index contributed by atoms with van der Waals surface area (Å²) in [5.74, 6) is 1.78. The van der Waals surface area contributed by atoms with Crippen molar-refractivity contribution in [1.29, 1.82) is 0 Å². The molecule has 0 radical (unpaired) electrons. The van der Waals surface area contributed by atoms with Gasteiger partial charge in [0.1, 0.15) is 6.10 Å². The summed E-state index contributed by atoms with van der Waals surface area (Å²) in [6.45, 7) is 15.8. The van der Waals surface area contributed by atoms with E-state index in [0.29, 0.717) is 37.5 Å². The molecule has 6 aliphatic rings. The second-order valence-corrected chi connectivity index (χ2v) is 18.2. The van der Waals surface area contributed by atoms with E-state index in [1.165, 1.54) is 6.42 Å². The van der Waals surface area contributed by atoms with Gasteiger partial charge >= 0.3 is 0 Å². The van der Waals surface area contributed by atoms with Gasteiger partial charge in [0.2, 0.25) is 5.91 Å². The van der Waals surface area contributed by atoms with E-state index < -0.39 is 11.7 Å². The van der Waals surface area contributed by atoms with Crippen molar-refractivity contribution in [1.82, 2.24) is 9.80 Å². The molecule has 11 atom stereocenters. The van der Waals surface area contributed by atoms with Crippen LogP contribution in [0.4, 0.5) is 0 Å². The van der Waals surface area contributed by atoms with Crippen LogP contribution in [0.5, 0.6) is 0 Å². The first kappa shape index (κ1) is 34.8. The van der Waals surface area contributed by atoms with Crippen molar-refractivity contribution < 1.29 is 29.3 Å². The Labute approximate surface area is 278 Å². The average molecular weight is 645 g/mol. The van der Waals surface area contributed by atoms with Crippen LogP contribution in [0.2, 0.25) is 0 Å². The molecule has 5 saturated carbocycles. The van der Waals surface area contributed by atoms with Crippen LogP contribution in [0, 0.1) is 51.2 Å². The molecule has 0 aromatic heterocycles. The first-order valence-corrected chi connectivity index (χ1v) is 18.6. The molecule has 2 N–H and O–H groups in total. The number of ether oxygens (including phenoxy) is 2. The molecule has 2 spiro atoms. The minimum atomic E-state index is -0.828. The standard InChI is InChI=1S/C38H64N2O6/c1-24-37-19-18-36(6)26(12-10-9-11-16-34(2,3)44)32(42)33(43)31(36)25(37)13-14-27-35(4,5)28(15-17-38(24,27)37)46-30-23-40(20-21-45-30)22-29(41)39(7)8/h24-28,30-32,42,44H,9-23H2,1-8H3. The van der Waals surface area contributed by atoms with Crippen LogP contribution >= 0.6 is 0 Å². The monoisotopic (exact) mass is 644 g/mol. The van der Waals surface area contributed by atoms with E-state index in [2.05, 4.69) is 32.6 Å². The minimum absolute atomic E-state index is 0.0162. The molecule has 6 rings (SSSR count). The van der Waals surface area contributed by atoms with Crippen LogP contribution < -0.4 is 0 Å². The fourth-order valence-electron chi connectivity index (χ4n) is 12.8. The number of amides is 1. The molecule has 1 aliphatic heterocycles. The van der Waals surface area contributed by atoms with Gasteiger partial charge in [-0.2, -0.15) is 0 Å². The van der Waals surface area contributed by atoms with E-state index in [1.807, 2.05) is 13.8 Å². The highest BCUT2D eigenvalue weighted by Crippen LogP contribution is 2.89. The van der Waals surface area contributed by atoms with Gasteiger partial charge in [0, 0.05) is 26.6 Å². The Balaban J connectivity index is 1.14. The first-order valence-electron chi connectivity index (χ1n) is 18.6. The second-order valence-electron chi connectivity index (χ2n) is 18.2. The number of hydrogen-bond acceptors (Lipinski definition) is 7. The van der Waals surface area contributed by atoms with E-state index in [0.717, 1.165) is 70.8 Å². The van der Waals surface area contributed by atoms with Gasteiger partial charge in [-0.25, -0.2) is 0 Å². The summed E-state index contributed by atoms with van der Waals surface area (Å²) in [6, 6.07) is 0. The molecule has 8 nitrogen and oxygen atoms in total. The maximum atomic E-state index is 14.0. The highest BCUT2D eigenvalue weighted by atomic mass is 16.7. The van der Waals surface area contributed by atoms with Crippen molar-refractivity contribution in [3.05, 3.63) is 0 Å². The zero-order chi connectivity index (χ0) is 33.4. The summed E-state index contributed by atoms with van der Waals surface area (Å²) in [5.41, 5.74) is -0.321. The van der Waals surface area contributed by atoms with E-state index in [4.69, 9.17) is 9.47 Å². The minimum Gasteiger partial charge on any atom is -0.390 e. The lowest BCUT2D eigenvalue weighted by Gasteiger charge is -2.59. The number of Topliss-reactive ketones (excluding diaryl/α,β-unsaturated/α-hetero) is 1. The predicted molar refractivity (Wildman–Crippen MR) is 178 cm³/mol. The molecule has 0 bridgehead atoms. The third kappa shape index (κ3) is 5.34. The van der Waals surface area contributed by atoms with Gasteiger partial charge in [0.15, 0.2) is 12.1 Å². The predicted octanol–water partition coefficient (Wildman–Crippen LogP) is 5.28. The van der Waals surface area contributed by atoms with Crippen LogP contribution in [0.1, 0.15) is 112 Å². The summed E-state index contributed by atoms with van der Waals surface area (Å²) in [7, 11) is 3.60. The topological polar surface area (TPSA) is 99.5 Å². The third-order valence-corrected chi connectivity index (χ3v) is 15.0. The van der Waals surface area contributed by atoms with Crippen LogP contribution in [-0.2, 0) is 19.1 Å². The highest BCUT2D eigenvalue weighted by molar-refractivity contribution is 5.89. The molecule has 8 heteroatoms. The molecule has 46 heavy (non-hydrogen) atoms. The third-order valence-electron chi connectivity index (χ3n) is 15.0. The SMILES string of the molecule is CC1C23CCC4(C)C(CCCCCC(C)(C)O)C(O)C(=O)C4C2CCC2C(C)(C)C(OC4CN(CC(=O)N(C)C)CCO4)CCC213. The zero-order valence-electron chi connectivity index (χ0n) is 30.1. The molecule has 1 amide bonds.